The Labute approximate surface area is 152 Å². The van der Waals surface area contributed by atoms with Gasteiger partial charge in [0.1, 0.15) is 0 Å². The van der Waals surface area contributed by atoms with Gasteiger partial charge in [-0.3, -0.25) is 14.6 Å². The molecule has 0 bridgehead atoms. The summed E-state index contributed by atoms with van der Waals surface area (Å²) in [5.41, 5.74) is 0.957. The van der Waals surface area contributed by atoms with Crippen LogP contribution in [0.5, 0.6) is 0 Å². The fraction of sp³-hybridized carbons (Fsp3) is 0.529. The van der Waals surface area contributed by atoms with E-state index in [-0.39, 0.29) is 5.91 Å². The van der Waals surface area contributed by atoms with Crippen molar-refractivity contribution in [1.29, 1.82) is 0 Å². The number of hydrogen-bond acceptors (Lipinski definition) is 7. The number of rotatable bonds is 8. The molecular weight excluding hydrogens is 334 g/mol. The Kier molecular flexibility index (Phi) is 6.64. The average molecular weight is 359 g/mol. The summed E-state index contributed by atoms with van der Waals surface area (Å²) in [5, 5.41) is 14.9. The van der Waals surface area contributed by atoms with Gasteiger partial charge >= 0.3 is 0 Å². The van der Waals surface area contributed by atoms with Gasteiger partial charge in [0.05, 0.1) is 25.4 Å². The summed E-state index contributed by atoms with van der Waals surface area (Å²) in [6.07, 6.45) is 0. The van der Waals surface area contributed by atoms with Crippen LogP contribution in [-0.2, 0) is 16.1 Å². The molecule has 1 aromatic heterocycles. The van der Waals surface area contributed by atoms with E-state index in [2.05, 4.69) is 30.6 Å². The summed E-state index contributed by atoms with van der Waals surface area (Å²) in [4.78, 5) is 16.3. The van der Waals surface area contributed by atoms with Crippen molar-refractivity contribution in [3.8, 4) is 5.69 Å². The van der Waals surface area contributed by atoms with Gasteiger partial charge in [-0.1, -0.05) is 18.2 Å². The third-order valence-electron chi connectivity index (χ3n) is 4.36. The summed E-state index contributed by atoms with van der Waals surface area (Å²) in [5.74, 6) is 0.866. The third-order valence-corrected chi connectivity index (χ3v) is 4.36. The van der Waals surface area contributed by atoms with Crippen LogP contribution in [0.1, 0.15) is 5.82 Å². The van der Waals surface area contributed by atoms with Crippen molar-refractivity contribution in [3.63, 3.8) is 0 Å². The van der Waals surface area contributed by atoms with E-state index >= 15 is 0 Å². The Hall–Kier alpha value is -2.36. The highest BCUT2D eigenvalue weighted by Crippen LogP contribution is 2.10. The summed E-state index contributed by atoms with van der Waals surface area (Å²) in [7, 11) is 1.62. The standard InChI is InChI=1S/C17H25N7O2/c1-26-12-7-18-17(25)14-23-10-8-22(9-11-23)13-16-19-20-21-24(16)15-5-3-2-4-6-15/h2-6H,7-14H2,1H3,(H,18,25). The molecule has 1 N–H and O–H groups in total. The molecule has 0 radical (unpaired) electrons. The summed E-state index contributed by atoms with van der Waals surface area (Å²) in [6.45, 7) is 5.68. The van der Waals surface area contributed by atoms with Crippen molar-refractivity contribution in [3.05, 3.63) is 36.2 Å². The van der Waals surface area contributed by atoms with E-state index in [1.807, 2.05) is 30.3 Å². The number of amides is 1. The zero-order valence-electron chi connectivity index (χ0n) is 15.0. The van der Waals surface area contributed by atoms with E-state index in [4.69, 9.17) is 4.74 Å². The maximum absolute atomic E-state index is 11.9. The molecule has 0 spiro atoms. The largest absolute Gasteiger partial charge is 0.383 e. The van der Waals surface area contributed by atoms with Gasteiger partial charge < -0.3 is 10.1 Å². The lowest BCUT2D eigenvalue weighted by Crippen LogP contribution is -2.49. The van der Waals surface area contributed by atoms with Gasteiger partial charge in [0, 0.05) is 39.8 Å². The number of benzene rings is 1. The van der Waals surface area contributed by atoms with Crippen molar-refractivity contribution in [2.75, 3.05) is 53.0 Å². The molecule has 26 heavy (non-hydrogen) atoms. The molecule has 1 fully saturated rings. The lowest BCUT2D eigenvalue weighted by atomic mass is 10.3. The second kappa shape index (κ2) is 9.37. The van der Waals surface area contributed by atoms with E-state index in [9.17, 15) is 4.79 Å². The first-order chi connectivity index (χ1) is 12.8. The molecule has 2 aromatic rings. The Morgan fingerprint density at radius 2 is 1.88 bits per heavy atom. The Balaban J connectivity index is 1.46. The number of carbonyl (C=O) groups is 1. The molecule has 0 atom stereocenters. The van der Waals surface area contributed by atoms with Crippen LogP contribution in [0.25, 0.3) is 5.69 Å². The third kappa shape index (κ3) is 5.07. The number of para-hydroxylation sites is 1. The van der Waals surface area contributed by atoms with Gasteiger partial charge in [0.15, 0.2) is 5.82 Å². The van der Waals surface area contributed by atoms with Gasteiger partial charge in [-0.05, 0) is 22.6 Å². The number of nitrogens with zero attached hydrogens (tertiary/aromatic N) is 6. The van der Waals surface area contributed by atoms with Gasteiger partial charge in [-0.15, -0.1) is 5.10 Å². The number of aromatic nitrogens is 4. The molecule has 1 amide bonds. The van der Waals surface area contributed by atoms with Crippen LogP contribution in [-0.4, -0.2) is 88.9 Å². The van der Waals surface area contributed by atoms with Crippen LogP contribution >= 0.6 is 0 Å². The number of methoxy groups -OCH3 is 1. The van der Waals surface area contributed by atoms with E-state index in [0.29, 0.717) is 26.2 Å². The molecule has 0 aliphatic carbocycles. The zero-order valence-corrected chi connectivity index (χ0v) is 15.0. The second-order valence-corrected chi connectivity index (χ2v) is 6.24. The first-order valence-electron chi connectivity index (χ1n) is 8.79. The molecule has 0 unspecified atom stereocenters. The maximum atomic E-state index is 11.9. The quantitative estimate of drug-likeness (QED) is 0.638. The van der Waals surface area contributed by atoms with Crippen LogP contribution < -0.4 is 5.32 Å². The topological polar surface area (TPSA) is 88.4 Å². The summed E-state index contributed by atoms with van der Waals surface area (Å²) >= 11 is 0. The molecule has 1 aliphatic rings. The lowest BCUT2D eigenvalue weighted by Gasteiger charge is -2.33. The normalized spacial score (nSPS) is 15.9. The van der Waals surface area contributed by atoms with Crippen LogP contribution in [0.3, 0.4) is 0 Å². The summed E-state index contributed by atoms with van der Waals surface area (Å²) < 4.78 is 6.71. The number of hydrogen-bond donors (Lipinski definition) is 1. The average Bonchev–Trinajstić information content (AvgIpc) is 3.12. The predicted octanol–water partition coefficient (Wildman–Crippen LogP) is -0.457. The number of tetrazole rings is 1. The van der Waals surface area contributed by atoms with Crippen molar-refractivity contribution in [2.24, 2.45) is 0 Å². The van der Waals surface area contributed by atoms with E-state index in [0.717, 1.165) is 37.7 Å². The fourth-order valence-corrected chi connectivity index (χ4v) is 2.93. The van der Waals surface area contributed by atoms with Gasteiger partial charge in [0.2, 0.25) is 5.91 Å². The van der Waals surface area contributed by atoms with E-state index < -0.39 is 0 Å². The minimum atomic E-state index is 0.0449. The van der Waals surface area contributed by atoms with Gasteiger partial charge in [-0.25, -0.2) is 0 Å². The molecule has 1 aromatic carbocycles. The number of ether oxygens (including phenoxy) is 1. The minimum Gasteiger partial charge on any atom is -0.383 e. The molecule has 3 rings (SSSR count). The highest BCUT2D eigenvalue weighted by Gasteiger charge is 2.21. The Morgan fingerprint density at radius 3 is 2.62 bits per heavy atom. The molecular formula is C17H25N7O2. The van der Waals surface area contributed by atoms with Crippen LogP contribution in [0.15, 0.2) is 30.3 Å². The molecule has 1 aliphatic heterocycles. The van der Waals surface area contributed by atoms with Gasteiger partial charge in [0.25, 0.3) is 0 Å². The van der Waals surface area contributed by atoms with Crippen LogP contribution in [0.2, 0.25) is 0 Å². The molecule has 0 saturated carbocycles. The highest BCUT2D eigenvalue weighted by atomic mass is 16.5. The zero-order chi connectivity index (χ0) is 18.2. The minimum absolute atomic E-state index is 0.0449. The van der Waals surface area contributed by atoms with Crippen molar-refractivity contribution in [2.45, 2.75) is 6.54 Å². The lowest BCUT2D eigenvalue weighted by molar-refractivity contribution is -0.122. The van der Waals surface area contributed by atoms with Crippen molar-refractivity contribution >= 4 is 5.91 Å². The summed E-state index contributed by atoms with van der Waals surface area (Å²) in [6, 6.07) is 9.88. The monoisotopic (exact) mass is 359 g/mol. The Bertz CT molecular complexity index is 683. The smallest absolute Gasteiger partial charge is 0.234 e. The number of nitrogens with one attached hydrogen (secondary N) is 1. The number of carbonyl (C=O) groups excluding carboxylic acids is 1. The fourth-order valence-electron chi connectivity index (χ4n) is 2.93. The number of piperazine rings is 1. The molecule has 2 heterocycles. The van der Waals surface area contributed by atoms with Crippen LogP contribution in [0.4, 0.5) is 0 Å². The molecule has 140 valence electrons. The van der Waals surface area contributed by atoms with Crippen molar-refractivity contribution in [1.82, 2.24) is 35.3 Å². The van der Waals surface area contributed by atoms with Gasteiger partial charge in [-0.2, -0.15) is 4.68 Å². The Morgan fingerprint density at radius 1 is 1.15 bits per heavy atom. The van der Waals surface area contributed by atoms with Crippen molar-refractivity contribution < 1.29 is 9.53 Å². The van der Waals surface area contributed by atoms with Crippen LogP contribution in [0, 0.1) is 0 Å². The molecule has 9 heteroatoms. The second-order valence-electron chi connectivity index (χ2n) is 6.24. The highest BCUT2D eigenvalue weighted by molar-refractivity contribution is 5.78. The molecule has 9 nitrogen and oxygen atoms in total. The SMILES string of the molecule is COCCNC(=O)CN1CCN(Cc2nnnn2-c2ccccc2)CC1. The maximum Gasteiger partial charge on any atom is 0.234 e. The van der Waals surface area contributed by atoms with E-state index in [1.54, 1.807) is 11.8 Å². The molecule has 1 saturated heterocycles. The van der Waals surface area contributed by atoms with E-state index in [1.165, 1.54) is 0 Å². The predicted molar refractivity (Wildman–Crippen MR) is 95.8 cm³/mol. The first-order valence-corrected chi connectivity index (χ1v) is 8.79. The first kappa shape index (κ1) is 18.4.